The molecule has 2 aliphatic heterocycles. The largest absolute Gasteiger partial charge is 0.488 e. The summed E-state index contributed by atoms with van der Waals surface area (Å²) in [7, 11) is 0. The molecule has 0 aliphatic carbocycles. The van der Waals surface area contributed by atoms with Crippen LogP contribution in [0.2, 0.25) is 0 Å². The van der Waals surface area contributed by atoms with Crippen molar-refractivity contribution >= 4 is 17.7 Å². The number of hydrogen-bond donors (Lipinski definition) is 0. The monoisotopic (exact) mass is 329 g/mol. The third-order valence-electron chi connectivity index (χ3n) is 4.19. The molecule has 0 N–H and O–H groups in total. The number of hydrogen-bond acceptors (Lipinski definition) is 5. The summed E-state index contributed by atoms with van der Waals surface area (Å²) < 4.78 is 10.6. The van der Waals surface area contributed by atoms with Gasteiger partial charge in [0.2, 0.25) is 0 Å². The molecule has 0 unspecified atom stereocenters. The van der Waals surface area contributed by atoms with Gasteiger partial charge < -0.3 is 14.4 Å². The van der Waals surface area contributed by atoms with E-state index in [1.54, 1.807) is 0 Å². The summed E-state index contributed by atoms with van der Waals surface area (Å²) in [5, 5.41) is 0. The molecule has 2 atom stereocenters. The fourth-order valence-corrected chi connectivity index (χ4v) is 2.94. The van der Waals surface area contributed by atoms with E-state index in [4.69, 9.17) is 9.47 Å². The van der Waals surface area contributed by atoms with E-state index in [2.05, 4.69) is 0 Å². The van der Waals surface area contributed by atoms with Crippen molar-refractivity contribution in [1.82, 2.24) is 4.90 Å². The van der Waals surface area contributed by atoms with Crippen molar-refractivity contribution < 1.29 is 23.9 Å². The standard InChI is InChI=1S/C18H19NO5/c20-14-8-10-23-16(11-14)17(21)19-9-4-7-15(19)18(22)24-12-13-5-2-1-3-6-13/h1-3,5-6,8,10,15-16H,4,7,9,11-12H2/t15-,16-/m0/s1. The number of esters is 1. The maximum absolute atomic E-state index is 12.5. The number of likely N-dealkylation sites (tertiary alicyclic amines) is 1. The van der Waals surface area contributed by atoms with Gasteiger partial charge in [-0.3, -0.25) is 9.59 Å². The number of nitrogens with zero attached hydrogens (tertiary/aromatic N) is 1. The molecule has 1 amide bonds. The molecule has 126 valence electrons. The fraction of sp³-hybridized carbons (Fsp3) is 0.389. The maximum Gasteiger partial charge on any atom is 0.329 e. The highest BCUT2D eigenvalue weighted by molar-refractivity contribution is 5.96. The Bertz CT molecular complexity index is 655. The molecule has 1 aromatic carbocycles. The Labute approximate surface area is 140 Å². The number of carbonyl (C=O) groups is 3. The van der Waals surface area contributed by atoms with Gasteiger partial charge in [-0.15, -0.1) is 0 Å². The van der Waals surface area contributed by atoms with E-state index in [9.17, 15) is 14.4 Å². The lowest BCUT2D eigenvalue weighted by molar-refractivity contribution is -0.157. The molecule has 0 aromatic heterocycles. The molecule has 1 aromatic rings. The zero-order chi connectivity index (χ0) is 16.9. The second kappa shape index (κ2) is 7.29. The van der Waals surface area contributed by atoms with Gasteiger partial charge in [-0.2, -0.15) is 0 Å². The highest BCUT2D eigenvalue weighted by Crippen LogP contribution is 2.22. The topological polar surface area (TPSA) is 72.9 Å². The molecular weight excluding hydrogens is 310 g/mol. The van der Waals surface area contributed by atoms with Gasteiger partial charge in [-0.25, -0.2) is 4.79 Å². The predicted octanol–water partition coefficient (Wildman–Crippen LogP) is 1.59. The lowest BCUT2D eigenvalue weighted by atomic mass is 10.1. The lowest BCUT2D eigenvalue weighted by Gasteiger charge is -2.27. The van der Waals surface area contributed by atoms with Crippen molar-refractivity contribution in [2.24, 2.45) is 0 Å². The van der Waals surface area contributed by atoms with Crippen LogP contribution < -0.4 is 0 Å². The van der Waals surface area contributed by atoms with Crippen LogP contribution in [0, 0.1) is 0 Å². The summed E-state index contributed by atoms with van der Waals surface area (Å²) in [5.41, 5.74) is 0.896. The van der Waals surface area contributed by atoms with E-state index in [0.717, 1.165) is 12.0 Å². The van der Waals surface area contributed by atoms with Crippen LogP contribution in [-0.2, 0) is 30.5 Å². The van der Waals surface area contributed by atoms with E-state index in [1.807, 2.05) is 30.3 Å². The Balaban J connectivity index is 1.60. The van der Waals surface area contributed by atoms with Gasteiger partial charge in [-0.05, 0) is 18.4 Å². The first-order chi connectivity index (χ1) is 11.6. The average Bonchev–Trinajstić information content (AvgIpc) is 3.09. The zero-order valence-electron chi connectivity index (χ0n) is 13.2. The van der Waals surface area contributed by atoms with Crippen molar-refractivity contribution in [1.29, 1.82) is 0 Å². The Kier molecular flexibility index (Phi) is 4.93. The number of amides is 1. The minimum absolute atomic E-state index is 0.0115. The van der Waals surface area contributed by atoms with E-state index < -0.39 is 18.1 Å². The summed E-state index contributed by atoms with van der Waals surface area (Å²) in [4.78, 5) is 37.8. The third-order valence-corrected chi connectivity index (χ3v) is 4.19. The molecule has 0 saturated carbocycles. The fourth-order valence-electron chi connectivity index (χ4n) is 2.94. The summed E-state index contributed by atoms with van der Waals surface area (Å²) in [6, 6.07) is 8.78. The molecule has 0 spiro atoms. The summed E-state index contributed by atoms with van der Waals surface area (Å²) in [6.07, 6.45) is 3.01. The third kappa shape index (κ3) is 3.64. The van der Waals surface area contributed by atoms with Crippen LogP contribution >= 0.6 is 0 Å². The Morgan fingerprint density at radius 1 is 1.25 bits per heavy atom. The summed E-state index contributed by atoms with van der Waals surface area (Å²) in [6.45, 7) is 0.654. The first-order valence-corrected chi connectivity index (χ1v) is 8.01. The van der Waals surface area contributed by atoms with Crippen molar-refractivity contribution in [2.75, 3.05) is 6.54 Å². The van der Waals surface area contributed by atoms with Crippen LogP contribution in [0.1, 0.15) is 24.8 Å². The number of rotatable bonds is 4. The van der Waals surface area contributed by atoms with Gasteiger partial charge in [-0.1, -0.05) is 30.3 Å². The van der Waals surface area contributed by atoms with Crippen LogP contribution in [0.5, 0.6) is 0 Å². The minimum atomic E-state index is -0.843. The quantitative estimate of drug-likeness (QED) is 0.785. The second-order valence-corrected chi connectivity index (χ2v) is 5.88. The molecule has 3 rings (SSSR count). The van der Waals surface area contributed by atoms with Crippen LogP contribution in [0.25, 0.3) is 0 Å². The van der Waals surface area contributed by atoms with Gasteiger partial charge >= 0.3 is 5.97 Å². The minimum Gasteiger partial charge on any atom is -0.488 e. The van der Waals surface area contributed by atoms with Crippen LogP contribution in [0.3, 0.4) is 0 Å². The van der Waals surface area contributed by atoms with Gasteiger partial charge in [0.15, 0.2) is 11.9 Å². The molecule has 2 heterocycles. The maximum atomic E-state index is 12.5. The zero-order valence-corrected chi connectivity index (χ0v) is 13.2. The van der Waals surface area contributed by atoms with E-state index in [0.29, 0.717) is 13.0 Å². The Morgan fingerprint density at radius 2 is 2.04 bits per heavy atom. The summed E-state index contributed by atoms with van der Waals surface area (Å²) in [5.74, 6) is -0.892. The average molecular weight is 329 g/mol. The van der Waals surface area contributed by atoms with E-state index >= 15 is 0 Å². The van der Waals surface area contributed by atoms with E-state index in [1.165, 1.54) is 17.2 Å². The highest BCUT2D eigenvalue weighted by atomic mass is 16.5. The van der Waals surface area contributed by atoms with Gasteiger partial charge in [0, 0.05) is 12.6 Å². The van der Waals surface area contributed by atoms with Crippen molar-refractivity contribution in [2.45, 2.75) is 38.0 Å². The molecular formula is C18H19NO5. The van der Waals surface area contributed by atoms with Crippen molar-refractivity contribution in [3.8, 4) is 0 Å². The van der Waals surface area contributed by atoms with Crippen LogP contribution in [0.15, 0.2) is 42.7 Å². The second-order valence-electron chi connectivity index (χ2n) is 5.88. The molecule has 2 aliphatic rings. The van der Waals surface area contributed by atoms with Crippen LogP contribution in [0.4, 0.5) is 0 Å². The molecule has 1 saturated heterocycles. The number of ether oxygens (including phenoxy) is 2. The van der Waals surface area contributed by atoms with Crippen LogP contribution in [-0.4, -0.2) is 41.3 Å². The molecule has 1 fully saturated rings. The van der Waals surface area contributed by atoms with Crippen molar-refractivity contribution in [3.63, 3.8) is 0 Å². The highest BCUT2D eigenvalue weighted by Gasteiger charge is 2.39. The molecule has 24 heavy (non-hydrogen) atoms. The first kappa shape index (κ1) is 16.2. The Hall–Kier alpha value is -2.63. The van der Waals surface area contributed by atoms with E-state index in [-0.39, 0.29) is 24.7 Å². The van der Waals surface area contributed by atoms with Crippen molar-refractivity contribution in [3.05, 3.63) is 48.2 Å². The lowest BCUT2D eigenvalue weighted by Crippen LogP contribution is -2.47. The molecule has 6 nitrogen and oxygen atoms in total. The molecule has 0 bridgehead atoms. The SMILES string of the molecule is O=C1C=CO[C@H](C(=O)N2CCC[C@H]2C(=O)OCc2ccccc2)C1. The molecule has 6 heteroatoms. The molecule has 0 radical (unpaired) electrons. The normalized spacial score (nSPS) is 23.0. The number of allylic oxidation sites excluding steroid dienone is 1. The van der Waals surface area contributed by atoms with Gasteiger partial charge in [0.05, 0.1) is 12.7 Å². The number of ketones is 1. The smallest absolute Gasteiger partial charge is 0.329 e. The predicted molar refractivity (Wildman–Crippen MR) is 84.6 cm³/mol. The number of benzene rings is 1. The Morgan fingerprint density at radius 3 is 2.79 bits per heavy atom. The first-order valence-electron chi connectivity index (χ1n) is 8.01. The number of carbonyl (C=O) groups excluding carboxylic acids is 3. The van der Waals surface area contributed by atoms with Gasteiger partial charge in [0.25, 0.3) is 5.91 Å². The van der Waals surface area contributed by atoms with Gasteiger partial charge in [0.1, 0.15) is 12.6 Å². The summed E-state index contributed by atoms with van der Waals surface area (Å²) >= 11 is 0.